The molecule has 0 saturated carbocycles. The van der Waals surface area contributed by atoms with Crippen LogP contribution in [-0.2, 0) is 119 Å². The fourth-order valence-electron chi connectivity index (χ4n) is 11.1. The predicted molar refractivity (Wildman–Crippen MR) is 347 cm³/mol. The van der Waals surface area contributed by atoms with Crippen LogP contribution in [0.25, 0.3) is 0 Å². The second-order valence-corrected chi connectivity index (χ2v) is 22.9. The van der Waals surface area contributed by atoms with Crippen LogP contribution >= 0.6 is 0 Å². The summed E-state index contributed by atoms with van der Waals surface area (Å²) in [7, 11) is 3.24. The number of carboxylic acid groups (broad SMARTS) is 1. The van der Waals surface area contributed by atoms with Gasteiger partial charge in [0.15, 0.2) is 12.6 Å². The van der Waals surface area contributed by atoms with Gasteiger partial charge in [-0.25, -0.2) is 4.79 Å². The van der Waals surface area contributed by atoms with E-state index in [-0.39, 0.29) is 59.5 Å². The first-order valence-corrected chi connectivity index (χ1v) is 31.5. The van der Waals surface area contributed by atoms with Crippen LogP contribution in [0.2, 0.25) is 0 Å². The molecular formula is C76H81NO17. The number of benzene rings is 8. The second kappa shape index (κ2) is 36.1. The van der Waals surface area contributed by atoms with Crippen molar-refractivity contribution in [2.45, 2.75) is 133 Å². The molecule has 0 bridgehead atoms. The van der Waals surface area contributed by atoms with Gasteiger partial charge < -0.3 is 71.6 Å². The van der Waals surface area contributed by atoms with E-state index in [1.165, 1.54) is 4.90 Å². The quantitative estimate of drug-likeness (QED) is 0.0374. The number of nitrogens with zero attached hydrogens (tertiary/aromatic N) is 1. The van der Waals surface area contributed by atoms with E-state index in [2.05, 4.69) is 0 Å². The summed E-state index contributed by atoms with van der Waals surface area (Å²) in [4.78, 5) is 41.5. The molecular weight excluding hydrogens is 1200 g/mol. The molecule has 8 aromatic carbocycles. The molecule has 18 heteroatoms. The number of amides is 1. The van der Waals surface area contributed by atoms with Gasteiger partial charge in [-0.2, -0.15) is 0 Å². The molecule has 10 rings (SSSR count). The number of esters is 1. The molecule has 0 aromatic heterocycles. The van der Waals surface area contributed by atoms with Gasteiger partial charge in [0.05, 0.1) is 78.8 Å². The van der Waals surface area contributed by atoms with E-state index in [0.717, 1.165) is 44.5 Å². The third-order valence-corrected chi connectivity index (χ3v) is 16.1. The van der Waals surface area contributed by atoms with Crippen molar-refractivity contribution in [2.24, 2.45) is 0 Å². The second-order valence-electron chi connectivity index (χ2n) is 22.9. The normalized spacial score (nSPS) is 21.3. The standard InChI is InChI=1S/C76H81NO17/c1-77(76(81)91-51-60-36-22-9-23-37-60)63(52-83-44-54-24-10-3-11-25-54)67-69(86-46-56-28-14-5-15-29-56)71(88-48-58-32-18-7-19-33-58)73(74(93-67)90-50-59-34-20-8-21-35-59)94-75-72(89-49-61-38-40-62(82-2)41-39-61)70(87-47-57-30-16-6-17-31-57)68(85-45-55-26-12-4-13-27-55)64(92-75)53-84-66(80)43-42-65(78)79/h3-41,63-64,67-75H,42-53H2,1-2H3,(H,78,79)/t63-,64+,67+,68+,69+,70-,71-,72-,73+,74-,75+/m0/s1. The van der Waals surface area contributed by atoms with Crippen molar-refractivity contribution in [3.63, 3.8) is 0 Å². The Balaban J connectivity index is 1.11. The Labute approximate surface area is 549 Å². The summed E-state index contributed by atoms with van der Waals surface area (Å²) in [5, 5.41) is 9.59. The lowest BCUT2D eigenvalue weighted by molar-refractivity contribution is -0.385. The number of rotatable bonds is 34. The van der Waals surface area contributed by atoms with Crippen LogP contribution < -0.4 is 4.74 Å². The number of carboxylic acids is 1. The van der Waals surface area contributed by atoms with Gasteiger partial charge in [0.2, 0.25) is 0 Å². The van der Waals surface area contributed by atoms with Crippen LogP contribution in [0.15, 0.2) is 237 Å². The number of hydrogen-bond donors (Lipinski definition) is 1. The molecule has 8 aromatic rings. The minimum Gasteiger partial charge on any atom is -0.497 e. The molecule has 0 aliphatic carbocycles. The summed E-state index contributed by atoms with van der Waals surface area (Å²) < 4.78 is 89.2. The number of carbonyl (C=O) groups is 3. The number of aliphatic carboxylic acids is 1. The fraction of sp³-hybridized carbons (Fsp3) is 0.329. The monoisotopic (exact) mass is 1280 g/mol. The molecule has 1 amide bonds. The lowest BCUT2D eigenvalue weighted by atomic mass is 9.92. The zero-order valence-corrected chi connectivity index (χ0v) is 52.8. The number of carbonyl (C=O) groups excluding carboxylic acids is 2. The number of ether oxygens (including phenoxy) is 13. The van der Waals surface area contributed by atoms with Crippen molar-refractivity contribution in [1.82, 2.24) is 4.90 Å². The van der Waals surface area contributed by atoms with Gasteiger partial charge in [-0.1, -0.05) is 224 Å². The highest BCUT2D eigenvalue weighted by Crippen LogP contribution is 2.39. The maximum absolute atomic E-state index is 14.7. The fourth-order valence-corrected chi connectivity index (χ4v) is 11.1. The highest BCUT2D eigenvalue weighted by molar-refractivity contribution is 5.76. The Bertz CT molecular complexity index is 3470. The van der Waals surface area contributed by atoms with Crippen molar-refractivity contribution in [3.05, 3.63) is 281 Å². The first-order chi connectivity index (χ1) is 46.1. The highest BCUT2D eigenvalue weighted by Gasteiger charge is 2.57. The van der Waals surface area contributed by atoms with E-state index < -0.39 is 105 Å². The summed E-state index contributed by atoms with van der Waals surface area (Å²) in [5.74, 6) is -1.28. The molecule has 11 atom stereocenters. The van der Waals surface area contributed by atoms with Crippen LogP contribution in [0.4, 0.5) is 4.79 Å². The molecule has 0 radical (unpaired) electrons. The molecule has 1 N–H and O–H groups in total. The van der Waals surface area contributed by atoms with E-state index in [1.807, 2.05) is 237 Å². The van der Waals surface area contributed by atoms with Gasteiger partial charge in [0, 0.05) is 7.05 Å². The smallest absolute Gasteiger partial charge is 0.410 e. The molecule has 2 aliphatic rings. The summed E-state index contributed by atoms with van der Waals surface area (Å²) in [6.45, 7) is -0.0533. The number of methoxy groups -OCH3 is 1. The average Bonchev–Trinajstić information content (AvgIpc) is 0.769. The maximum atomic E-state index is 14.7. The van der Waals surface area contributed by atoms with Crippen molar-refractivity contribution in [3.8, 4) is 5.75 Å². The van der Waals surface area contributed by atoms with Crippen molar-refractivity contribution < 1.29 is 81.1 Å². The van der Waals surface area contributed by atoms with Gasteiger partial charge in [-0.3, -0.25) is 9.59 Å². The summed E-state index contributed by atoms with van der Waals surface area (Å²) in [5.41, 5.74) is 6.60. The highest BCUT2D eigenvalue weighted by atomic mass is 16.8. The minimum absolute atomic E-state index is 0.00855. The van der Waals surface area contributed by atoms with E-state index in [0.29, 0.717) is 5.75 Å². The van der Waals surface area contributed by atoms with Crippen LogP contribution in [-0.4, -0.2) is 123 Å². The first kappa shape index (κ1) is 68.2. The van der Waals surface area contributed by atoms with Crippen LogP contribution in [0, 0.1) is 0 Å². The summed E-state index contributed by atoms with van der Waals surface area (Å²) in [6, 6.07) is 73.8. The van der Waals surface area contributed by atoms with Gasteiger partial charge in [-0.15, -0.1) is 0 Å². The Kier molecular flexibility index (Phi) is 26.2. The Hall–Kier alpha value is -8.63. The Morgan fingerprint density at radius 2 is 0.809 bits per heavy atom. The van der Waals surface area contributed by atoms with Gasteiger partial charge in [0.1, 0.15) is 67.8 Å². The molecule has 0 unspecified atom stereocenters. The van der Waals surface area contributed by atoms with Crippen molar-refractivity contribution in [2.75, 3.05) is 27.4 Å². The number of likely N-dealkylation sites (N-methyl/N-ethyl adjacent to an activating group) is 1. The van der Waals surface area contributed by atoms with E-state index in [9.17, 15) is 19.5 Å². The molecule has 2 saturated heterocycles. The molecule has 0 spiro atoms. The molecule has 2 aliphatic heterocycles. The van der Waals surface area contributed by atoms with Crippen molar-refractivity contribution in [1.29, 1.82) is 0 Å². The Morgan fingerprint density at radius 3 is 1.27 bits per heavy atom. The van der Waals surface area contributed by atoms with E-state index >= 15 is 0 Å². The van der Waals surface area contributed by atoms with E-state index in [4.69, 9.17) is 61.6 Å². The van der Waals surface area contributed by atoms with Crippen LogP contribution in [0.3, 0.4) is 0 Å². The Morgan fingerprint density at radius 1 is 0.415 bits per heavy atom. The SMILES string of the molecule is COc1ccc(CO[C@@H]2[C@@H](O[C@H]3[C@@H](OCc4ccccc4)O[C@H]([C@H](COCc4ccccc4)N(C)C(=O)OCc4ccccc4)[C@@H](OCc4ccccc4)[C@@H]3OCc3ccccc3)O[C@H](COC(=O)CCC(=O)O)[C@@H](OCc3ccccc3)[C@@H]2OCc2ccccc2)cc1. The number of hydrogen-bond acceptors (Lipinski definition) is 16. The van der Waals surface area contributed by atoms with Crippen LogP contribution in [0.5, 0.6) is 5.75 Å². The topological polar surface area (TPSA) is 195 Å². The molecule has 18 nitrogen and oxygen atoms in total. The van der Waals surface area contributed by atoms with Gasteiger partial charge in [0.25, 0.3) is 0 Å². The lowest BCUT2D eigenvalue weighted by Crippen LogP contribution is -2.68. The predicted octanol–water partition coefficient (Wildman–Crippen LogP) is 12.2. The molecule has 94 heavy (non-hydrogen) atoms. The zero-order chi connectivity index (χ0) is 65.1. The molecule has 2 heterocycles. The van der Waals surface area contributed by atoms with Gasteiger partial charge >= 0.3 is 18.0 Å². The van der Waals surface area contributed by atoms with Gasteiger partial charge in [-0.05, 0) is 56.6 Å². The third kappa shape index (κ3) is 20.4. The summed E-state index contributed by atoms with van der Waals surface area (Å²) >= 11 is 0. The first-order valence-electron chi connectivity index (χ1n) is 31.5. The third-order valence-electron chi connectivity index (χ3n) is 16.1. The maximum Gasteiger partial charge on any atom is 0.410 e. The van der Waals surface area contributed by atoms with Crippen molar-refractivity contribution >= 4 is 18.0 Å². The zero-order valence-electron chi connectivity index (χ0n) is 52.8. The van der Waals surface area contributed by atoms with E-state index in [1.54, 1.807) is 14.2 Å². The lowest BCUT2D eigenvalue weighted by Gasteiger charge is -2.51. The molecule has 2 fully saturated rings. The summed E-state index contributed by atoms with van der Waals surface area (Å²) in [6.07, 6.45) is -13.4. The average molecular weight is 1280 g/mol. The molecule has 492 valence electrons. The minimum atomic E-state index is -1.45. The van der Waals surface area contributed by atoms with Crippen LogP contribution in [0.1, 0.15) is 57.3 Å². The largest absolute Gasteiger partial charge is 0.497 e.